The highest BCUT2D eigenvalue weighted by Crippen LogP contribution is 2.60. The van der Waals surface area contributed by atoms with Crippen LogP contribution in [0.2, 0.25) is 5.02 Å². The number of benzene rings is 1. The van der Waals surface area contributed by atoms with Crippen molar-refractivity contribution >= 4 is 17.5 Å². The molecule has 2 fully saturated rings. The Morgan fingerprint density at radius 2 is 2.00 bits per heavy atom. The molecule has 0 bridgehead atoms. The first-order valence-electron chi connectivity index (χ1n) is 11.0. The maximum absolute atomic E-state index is 13.0. The number of aromatic nitrogens is 2. The fraction of sp³-hybridized carbons (Fsp3) is 0.458. The van der Waals surface area contributed by atoms with Crippen molar-refractivity contribution in [2.45, 2.75) is 39.3 Å². The van der Waals surface area contributed by atoms with Crippen LogP contribution in [0.5, 0.6) is 0 Å². The lowest BCUT2D eigenvalue weighted by Gasteiger charge is -2.32. The van der Waals surface area contributed by atoms with Crippen LogP contribution in [-0.4, -0.2) is 46.2 Å². The molecule has 2 aliphatic rings. The fourth-order valence-corrected chi connectivity index (χ4v) is 5.09. The molecular formula is C24H27ClN4O3. The predicted molar refractivity (Wildman–Crippen MR) is 120 cm³/mol. The standard InChI is InChI=1S/C24H27ClN4O3/c1-16-21(27-32-26-16)15-28(2)23(30)19-13-24(19)9-11-29(12-10-24)14-17-7-8-22(31-17)18-5-3-4-6-20(18)25/h3-8,19H,9-15H2,1-2H3/t19-/m0/s1. The molecule has 1 aromatic carbocycles. The quantitative estimate of drug-likeness (QED) is 0.543. The van der Waals surface area contributed by atoms with Gasteiger partial charge in [-0.3, -0.25) is 9.69 Å². The molecule has 0 N–H and O–H groups in total. The first kappa shape index (κ1) is 21.2. The summed E-state index contributed by atoms with van der Waals surface area (Å²) in [5.74, 6) is 2.06. The third-order valence-corrected chi connectivity index (χ3v) is 7.36. The summed E-state index contributed by atoms with van der Waals surface area (Å²) >= 11 is 6.29. The maximum Gasteiger partial charge on any atom is 0.226 e. The van der Waals surface area contributed by atoms with Crippen LogP contribution < -0.4 is 0 Å². The molecule has 1 saturated heterocycles. The summed E-state index contributed by atoms with van der Waals surface area (Å²) in [5.41, 5.74) is 2.53. The van der Waals surface area contributed by atoms with Gasteiger partial charge >= 0.3 is 0 Å². The van der Waals surface area contributed by atoms with Crippen LogP contribution in [0, 0.1) is 18.3 Å². The van der Waals surface area contributed by atoms with Crippen molar-refractivity contribution in [3.05, 3.63) is 58.6 Å². The van der Waals surface area contributed by atoms with Gasteiger partial charge in [-0.15, -0.1) is 0 Å². The topological polar surface area (TPSA) is 75.6 Å². The minimum atomic E-state index is 0.116. The van der Waals surface area contributed by atoms with Crippen molar-refractivity contribution in [3.63, 3.8) is 0 Å². The lowest BCUT2D eigenvalue weighted by Crippen LogP contribution is -2.37. The van der Waals surface area contributed by atoms with Crippen LogP contribution in [0.3, 0.4) is 0 Å². The highest BCUT2D eigenvalue weighted by Gasteiger charge is 2.59. The Bertz CT molecular complexity index is 1120. The Morgan fingerprint density at radius 1 is 1.22 bits per heavy atom. The third-order valence-electron chi connectivity index (χ3n) is 7.03. The Labute approximate surface area is 192 Å². The average molecular weight is 455 g/mol. The Balaban J connectivity index is 1.14. The molecule has 1 aliphatic carbocycles. The second-order valence-electron chi connectivity index (χ2n) is 9.13. The van der Waals surface area contributed by atoms with Crippen molar-refractivity contribution in [1.82, 2.24) is 20.1 Å². The van der Waals surface area contributed by atoms with E-state index in [2.05, 4.69) is 15.2 Å². The molecule has 8 heteroatoms. The molecule has 1 aliphatic heterocycles. The van der Waals surface area contributed by atoms with Crippen molar-refractivity contribution < 1.29 is 13.8 Å². The number of hydrogen-bond donors (Lipinski definition) is 0. The van der Waals surface area contributed by atoms with Gasteiger partial charge in [0, 0.05) is 18.5 Å². The zero-order chi connectivity index (χ0) is 22.3. The molecule has 0 radical (unpaired) electrons. The highest BCUT2D eigenvalue weighted by molar-refractivity contribution is 6.33. The van der Waals surface area contributed by atoms with Crippen LogP contribution in [0.25, 0.3) is 11.3 Å². The zero-order valence-corrected chi connectivity index (χ0v) is 19.1. The molecule has 1 saturated carbocycles. The molecule has 2 aromatic heterocycles. The number of piperidine rings is 1. The Kier molecular flexibility index (Phi) is 5.55. The van der Waals surface area contributed by atoms with Crippen LogP contribution in [0.1, 0.15) is 36.4 Å². The van der Waals surface area contributed by atoms with Gasteiger partial charge in [-0.05, 0) is 69.0 Å². The number of rotatable bonds is 6. The highest BCUT2D eigenvalue weighted by atomic mass is 35.5. The number of aryl methyl sites for hydroxylation is 1. The largest absolute Gasteiger partial charge is 0.460 e. The van der Waals surface area contributed by atoms with E-state index in [0.29, 0.717) is 11.6 Å². The van der Waals surface area contributed by atoms with E-state index in [-0.39, 0.29) is 17.2 Å². The van der Waals surface area contributed by atoms with E-state index >= 15 is 0 Å². The van der Waals surface area contributed by atoms with E-state index in [1.54, 1.807) is 4.90 Å². The van der Waals surface area contributed by atoms with E-state index in [1.165, 1.54) is 0 Å². The van der Waals surface area contributed by atoms with Gasteiger partial charge in [0.05, 0.1) is 18.1 Å². The average Bonchev–Trinajstić information content (AvgIpc) is 3.07. The van der Waals surface area contributed by atoms with Gasteiger partial charge in [-0.2, -0.15) is 0 Å². The monoisotopic (exact) mass is 454 g/mol. The van der Waals surface area contributed by atoms with Crippen LogP contribution in [0.4, 0.5) is 0 Å². The summed E-state index contributed by atoms with van der Waals surface area (Å²) in [6.45, 7) is 5.01. The van der Waals surface area contributed by atoms with Gasteiger partial charge in [-0.1, -0.05) is 34.0 Å². The number of carbonyl (C=O) groups excluding carboxylic acids is 1. The summed E-state index contributed by atoms with van der Waals surface area (Å²) in [6, 6.07) is 11.7. The minimum Gasteiger partial charge on any atom is -0.460 e. The molecule has 32 heavy (non-hydrogen) atoms. The normalized spacial score (nSPS) is 19.9. The zero-order valence-electron chi connectivity index (χ0n) is 18.4. The molecule has 7 nitrogen and oxygen atoms in total. The van der Waals surface area contributed by atoms with Crippen molar-refractivity contribution in [3.8, 4) is 11.3 Å². The Hall–Kier alpha value is -2.64. The smallest absolute Gasteiger partial charge is 0.226 e. The maximum atomic E-state index is 13.0. The van der Waals surface area contributed by atoms with E-state index in [0.717, 1.165) is 67.4 Å². The van der Waals surface area contributed by atoms with E-state index in [4.69, 9.17) is 20.6 Å². The first-order valence-corrected chi connectivity index (χ1v) is 11.4. The molecule has 1 spiro atoms. The molecular weight excluding hydrogens is 428 g/mol. The van der Waals surface area contributed by atoms with Gasteiger partial charge in [0.25, 0.3) is 0 Å². The minimum absolute atomic E-state index is 0.116. The third kappa shape index (κ3) is 4.07. The second kappa shape index (κ2) is 8.37. The van der Waals surface area contributed by atoms with Gasteiger partial charge in [-0.25, -0.2) is 4.63 Å². The number of likely N-dealkylation sites (tertiary alicyclic amines) is 1. The van der Waals surface area contributed by atoms with E-state index < -0.39 is 0 Å². The van der Waals surface area contributed by atoms with Gasteiger partial charge in [0.2, 0.25) is 5.91 Å². The Morgan fingerprint density at radius 3 is 2.72 bits per heavy atom. The SMILES string of the molecule is Cc1nonc1CN(C)C(=O)[C@@H]1CC12CCN(Cc1ccc(-c3ccccc3Cl)o1)CC2. The summed E-state index contributed by atoms with van der Waals surface area (Å²) < 4.78 is 10.8. The molecule has 0 unspecified atom stereocenters. The molecule has 168 valence electrons. The number of amides is 1. The molecule has 3 heterocycles. The lowest BCUT2D eigenvalue weighted by molar-refractivity contribution is -0.133. The number of hydrogen-bond acceptors (Lipinski definition) is 6. The predicted octanol–water partition coefficient (Wildman–Crippen LogP) is 4.55. The van der Waals surface area contributed by atoms with Crippen LogP contribution in [0.15, 0.2) is 45.4 Å². The van der Waals surface area contributed by atoms with Gasteiger partial charge in [0.15, 0.2) is 0 Å². The number of carbonyl (C=O) groups is 1. The van der Waals surface area contributed by atoms with Gasteiger partial charge in [0.1, 0.15) is 22.9 Å². The van der Waals surface area contributed by atoms with Crippen LogP contribution >= 0.6 is 11.6 Å². The molecule has 5 rings (SSSR count). The number of nitrogens with zero attached hydrogens (tertiary/aromatic N) is 4. The van der Waals surface area contributed by atoms with E-state index in [1.807, 2.05) is 50.4 Å². The van der Waals surface area contributed by atoms with E-state index in [9.17, 15) is 4.79 Å². The van der Waals surface area contributed by atoms with Crippen molar-refractivity contribution in [2.24, 2.45) is 11.3 Å². The second-order valence-corrected chi connectivity index (χ2v) is 9.54. The number of furan rings is 1. The molecule has 1 atom stereocenters. The summed E-state index contributed by atoms with van der Waals surface area (Å²) in [7, 11) is 1.84. The first-order chi connectivity index (χ1) is 15.4. The van der Waals surface area contributed by atoms with Crippen LogP contribution in [-0.2, 0) is 17.9 Å². The molecule has 3 aromatic rings. The van der Waals surface area contributed by atoms with Gasteiger partial charge < -0.3 is 9.32 Å². The molecule has 1 amide bonds. The van der Waals surface area contributed by atoms with Crippen molar-refractivity contribution in [1.29, 1.82) is 0 Å². The summed E-state index contributed by atoms with van der Waals surface area (Å²) in [4.78, 5) is 17.1. The summed E-state index contributed by atoms with van der Waals surface area (Å²) in [6.07, 6.45) is 3.07. The summed E-state index contributed by atoms with van der Waals surface area (Å²) in [5, 5.41) is 8.38. The fourth-order valence-electron chi connectivity index (χ4n) is 4.86. The van der Waals surface area contributed by atoms with Crippen molar-refractivity contribution in [2.75, 3.05) is 20.1 Å². The lowest BCUT2D eigenvalue weighted by atomic mass is 9.90. The number of halogens is 1.